The summed E-state index contributed by atoms with van der Waals surface area (Å²) in [6, 6.07) is 29.4. The van der Waals surface area contributed by atoms with Crippen LogP contribution in [-0.4, -0.2) is 66.5 Å². The van der Waals surface area contributed by atoms with Crippen molar-refractivity contribution in [2.75, 3.05) is 38.6 Å². The van der Waals surface area contributed by atoms with Crippen LogP contribution in [-0.2, 0) is 19.1 Å². The van der Waals surface area contributed by atoms with Gasteiger partial charge in [-0.2, -0.15) is 0 Å². The normalized spacial score (nSPS) is 15.1. The van der Waals surface area contributed by atoms with Crippen molar-refractivity contribution in [3.8, 4) is 0 Å². The Balaban J connectivity index is 1.48. The van der Waals surface area contributed by atoms with Gasteiger partial charge in [0, 0.05) is 25.3 Å². The number of thioether (sulfide) groups is 1. The van der Waals surface area contributed by atoms with E-state index in [1.165, 1.54) is 11.8 Å². The van der Waals surface area contributed by atoms with Crippen molar-refractivity contribution in [2.24, 2.45) is 0 Å². The lowest BCUT2D eigenvalue weighted by atomic mass is 9.84. The molecule has 3 aromatic rings. The molecule has 7 heteroatoms. The average Bonchev–Trinajstić information content (AvgIpc) is 2.97. The number of unbranched alkanes of at least 4 members (excludes halogenated alkanes) is 1. The second kappa shape index (κ2) is 14.1. The zero-order chi connectivity index (χ0) is 26.6. The molecule has 2 N–H and O–H groups in total. The highest BCUT2D eigenvalue weighted by Crippen LogP contribution is 2.48. The first-order chi connectivity index (χ1) is 18.6. The van der Waals surface area contributed by atoms with Gasteiger partial charge in [-0.15, -0.1) is 11.8 Å². The molecule has 1 saturated heterocycles. The minimum atomic E-state index is -1.03. The molecule has 1 aliphatic rings. The lowest BCUT2D eigenvalue weighted by Crippen LogP contribution is -2.43. The zero-order valence-corrected chi connectivity index (χ0v) is 22.4. The fourth-order valence-corrected chi connectivity index (χ4v) is 6.41. The SMILES string of the molecule is O=C(CCCCN1CCOCC1)N[C@@H](CSC(c1ccccc1)(c1ccccc1)c1ccccc1)C(=O)O. The highest BCUT2D eigenvalue weighted by Gasteiger charge is 2.38. The molecule has 1 amide bonds. The minimum Gasteiger partial charge on any atom is -0.480 e. The molecule has 6 nitrogen and oxygen atoms in total. The fourth-order valence-electron chi connectivity index (χ4n) is 4.86. The van der Waals surface area contributed by atoms with Crippen LogP contribution in [0.1, 0.15) is 36.0 Å². The summed E-state index contributed by atoms with van der Waals surface area (Å²) in [7, 11) is 0. The van der Waals surface area contributed by atoms with Crippen molar-refractivity contribution in [1.82, 2.24) is 10.2 Å². The molecule has 200 valence electrons. The zero-order valence-electron chi connectivity index (χ0n) is 21.6. The van der Waals surface area contributed by atoms with Gasteiger partial charge in [-0.1, -0.05) is 91.0 Å². The Morgan fingerprint density at radius 1 is 0.842 bits per heavy atom. The summed E-state index contributed by atoms with van der Waals surface area (Å²) in [6.07, 6.45) is 1.95. The number of carbonyl (C=O) groups is 2. The number of nitrogens with one attached hydrogen (secondary N) is 1. The molecule has 0 bridgehead atoms. The molecule has 3 aromatic carbocycles. The van der Waals surface area contributed by atoms with E-state index in [1.54, 1.807) is 0 Å². The first kappa shape index (κ1) is 27.9. The Kier molecular flexibility index (Phi) is 10.4. The Bertz CT molecular complexity index is 1040. The highest BCUT2D eigenvalue weighted by atomic mass is 32.2. The number of hydrogen-bond donors (Lipinski definition) is 2. The highest BCUT2D eigenvalue weighted by molar-refractivity contribution is 8.00. The number of carboxylic acid groups (broad SMARTS) is 1. The van der Waals surface area contributed by atoms with E-state index in [0.717, 1.165) is 62.4 Å². The molecular weight excluding hydrogens is 496 g/mol. The Labute approximate surface area is 229 Å². The molecule has 0 aliphatic carbocycles. The summed E-state index contributed by atoms with van der Waals surface area (Å²) < 4.78 is 4.74. The standard InChI is InChI=1S/C31H36N2O4S/c34-29(18-10-11-19-33-20-22-37-23-21-33)32-28(30(35)36)24-38-31(25-12-4-1-5-13-25,26-14-6-2-7-15-26)27-16-8-3-9-17-27/h1-9,12-17,28H,10-11,18-24H2,(H,32,34)(H,35,36)/t28-/m0/s1. The van der Waals surface area contributed by atoms with E-state index in [1.807, 2.05) is 54.6 Å². The molecule has 0 spiro atoms. The molecule has 1 heterocycles. The molecule has 0 aromatic heterocycles. The molecule has 1 atom stereocenters. The number of aliphatic carboxylic acids is 1. The van der Waals surface area contributed by atoms with Crippen molar-refractivity contribution in [2.45, 2.75) is 30.1 Å². The number of hydrogen-bond acceptors (Lipinski definition) is 5. The summed E-state index contributed by atoms with van der Waals surface area (Å²) in [5.41, 5.74) is 3.17. The quantitative estimate of drug-likeness (QED) is 0.244. The van der Waals surface area contributed by atoms with Gasteiger partial charge in [-0.3, -0.25) is 9.69 Å². The van der Waals surface area contributed by atoms with Gasteiger partial charge in [0.25, 0.3) is 0 Å². The third kappa shape index (κ3) is 7.25. The molecule has 38 heavy (non-hydrogen) atoms. The molecule has 1 fully saturated rings. The van der Waals surface area contributed by atoms with Gasteiger partial charge in [0.15, 0.2) is 0 Å². The number of benzene rings is 3. The van der Waals surface area contributed by atoms with E-state index >= 15 is 0 Å². The molecule has 0 radical (unpaired) electrons. The first-order valence-corrected chi connectivity index (χ1v) is 14.2. The smallest absolute Gasteiger partial charge is 0.327 e. The Morgan fingerprint density at radius 2 is 1.34 bits per heavy atom. The van der Waals surface area contributed by atoms with Crippen LogP contribution in [0.15, 0.2) is 91.0 Å². The third-order valence-electron chi connectivity index (χ3n) is 6.87. The van der Waals surface area contributed by atoms with Crippen LogP contribution in [0, 0.1) is 0 Å². The van der Waals surface area contributed by atoms with E-state index < -0.39 is 16.8 Å². The number of nitrogens with zero attached hydrogens (tertiary/aromatic N) is 1. The van der Waals surface area contributed by atoms with Gasteiger partial charge >= 0.3 is 5.97 Å². The van der Waals surface area contributed by atoms with Crippen molar-refractivity contribution in [3.05, 3.63) is 108 Å². The summed E-state index contributed by atoms with van der Waals surface area (Å²) in [5, 5.41) is 12.8. The van der Waals surface area contributed by atoms with Gasteiger partial charge < -0.3 is 15.2 Å². The number of morpholine rings is 1. The second-order valence-corrected chi connectivity index (χ2v) is 10.7. The van der Waals surface area contributed by atoms with E-state index in [2.05, 4.69) is 46.6 Å². The summed E-state index contributed by atoms with van der Waals surface area (Å²) in [6.45, 7) is 4.30. The number of rotatable bonds is 13. The minimum absolute atomic E-state index is 0.216. The third-order valence-corrected chi connectivity index (χ3v) is 8.51. The predicted octanol–water partition coefficient (Wildman–Crippen LogP) is 4.78. The van der Waals surface area contributed by atoms with Crippen LogP contribution in [0.2, 0.25) is 0 Å². The number of carboxylic acids is 1. The molecule has 0 saturated carbocycles. The van der Waals surface area contributed by atoms with Crippen LogP contribution in [0.3, 0.4) is 0 Å². The maximum Gasteiger partial charge on any atom is 0.327 e. The average molecular weight is 533 g/mol. The fraction of sp³-hybridized carbons (Fsp3) is 0.355. The van der Waals surface area contributed by atoms with Crippen molar-refractivity contribution in [3.63, 3.8) is 0 Å². The molecule has 1 aliphatic heterocycles. The topological polar surface area (TPSA) is 78.9 Å². The second-order valence-electron chi connectivity index (χ2n) is 9.46. The van der Waals surface area contributed by atoms with Gasteiger partial charge in [0.2, 0.25) is 5.91 Å². The predicted molar refractivity (Wildman–Crippen MR) is 152 cm³/mol. The lowest BCUT2D eigenvalue weighted by molar-refractivity contribution is -0.141. The van der Waals surface area contributed by atoms with Crippen LogP contribution >= 0.6 is 11.8 Å². The number of amides is 1. The maximum atomic E-state index is 12.7. The van der Waals surface area contributed by atoms with Gasteiger partial charge in [0.1, 0.15) is 6.04 Å². The molecule has 4 rings (SSSR count). The van der Waals surface area contributed by atoms with Gasteiger partial charge in [0.05, 0.1) is 18.0 Å². The van der Waals surface area contributed by atoms with E-state index in [9.17, 15) is 14.7 Å². The Hall–Kier alpha value is -3.13. The lowest BCUT2D eigenvalue weighted by Gasteiger charge is -2.36. The van der Waals surface area contributed by atoms with Crippen molar-refractivity contribution < 1.29 is 19.4 Å². The number of carbonyl (C=O) groups excluding carboxylic acids is 1. The summed E-state index contributed by atoms with van der Waals surface area (Å²) in [5.74, 6) is -1.03. The first-order valence-electron chi connectivity index (χ1n) is 13.2. The monoisotopic (exact) mass is 532 g/mol. The van der Waals surface area contributed by atoms with Gasteiger partial charge in [-0.05, 0) is 36.1 Å². The van der Waals surface area contributed by atoms with Crippen LogP contribution in [0.5, 0.6) is 0 Å². The summed E-state index contributed by atoms with van der Waals surface area (Å²) in [4.78, 5) is 27.3. The maximum absolute atomic E-state index is 12.7. The molecular formula is C31H36N2O4S. The van der Waals surface area contributed by atoms with Crippen LogP contribution in [0.25, 0.3) is 0 Å². The van der Waals surface area contributed by atoms with E-state index in [-0.39, 0.29) is 11.7 Å². The van der Waals surface area contributed by atoms with E-state index in [4.69, 9.17) is 4.74 Å². The van der Waals surface area contributed by atoms with Gasteiger partial charge in [-0.25, -0.2) is 4.79 Å². The Morgan fingerprint density at radius 3 is 1.82 bits per heavy atom. The summed E-state index contributed by atoms with van der Waals surface area (Å²) >= 11 is 1.54. The van der Waals surface area contributed by atoms with Crippen molar-refractivity contribution >= 4 is 23.6 Å². The van der Waals surface area contributed by atoms with E-state index in [0.29, 0.717) is 6.42 Å². The molecule has 0 unspecified atom stereocenters. The van der Waals surface area contributed by atoms with Crippen LogP contribution in [0.4, 0.5) is 0 Å². The number of ether oxygens (including phenoxy) is 1. The largest absolute Gasteiger partial charge is 0.480 e. The van der Waals surface area contributed by atoms with Crippen molar-refractivity contribution in [1.29, 1.82) is 0 Å². The van der Waals surface area contributed by atoms with Crippen LogP contribution < -0.4 is 5.32 Å².